The normalized spacial score (nSPS) is 15.3. The van der Waals surface area contributed by atoms with Crippen molar-refractivity contribution < 1.29 is 18.3 Å². The first-order valence-corrected chi connectivity index (χ1v) is 7.31. The molecule has 0 saturated carbocycles. The number of rotatable bonds is 3. The molecule has 0 spiro atoms. The standard InChI is InChI=1S/C17H15ClF2O2/c1-17(2)8-10-6-12(18)7-11(15(10)22-17)9-21-16-13(19)4-3-5-14(16)20/h3-7H,8-9H2,1-2H3. The Labute approximate surface area is 132 Å². The van der Waals surface area contributed by atoms with Gasteiger partial charge in [-0.2, -0.15) is 0 Å². The molecule has 1 aliphatic heterocycles. The van der Waals surface area contributed by atoms with Crippen molar-refractivity contribution in [1.82, 2.24) is 0 Å². The number of ether oxygens (including phenoxy) is 2. The van der Waals surface area contributed by atoms with E-state index in [-0.39, 0.29) is 12.2 Å². The number of fused-ring (bicyclic) bond motifs is 1. The molecule has 2 aromatic rings. The highest BCUT2D eigenvalue weighted by Crippen LogP contribution is 2.40. The molecule has 22 heavy (non-hydrogen) atoms. The Morgan fingerprint density at radius 3 is 2.59 bits per heavy atom. The van der Waals surface area contributed by atoms with Crippen LogP contribution in [0.5, 0.6) is 11.5 Å². The Hall–Kier alpha value is -1.81. The van der Waals surface area contributed by atoms with Gasteiger partial charge in [-0.15, -0.1) is 0 Å². The first kappa shape index (κ1) is 15.1. The molecule has 1 aliphatic rings. The Morgan fingerprint density at radius 2 is 1.91 bits per heavy atom. The zero-order valence-corrected chi connectivity index (χ0v) is 13.0. The maximum Gasteiger partial charge on any atom is 0.191 e. The van der Waals surface area contributed by atoms with E-state index in [4.69, 9.17) is 21.1 Å². The minimum Gasteiger partial charge on any atom is -0.487 e. The van der Waals surface area contributed by atoms with E-state index in [1.807, 2.05) is 19.9 Å². The lowest BCUT2D eigenvalue weighted by Gasteiger charge is -2.18. The van der Waals surface area contributed by atoms with Gasteiger partial charge in [-0.1, -0.05) is 17.7 Å². The van der Waals surface area contributed by atoms with Crippen molar-refractivity contribution in [2.75, 3.05) is 0 Å². The molecule has 0 amide bonds. The molecular formula is C17H15ClF2O2. The van der Waals surface area contributed by atoms with Crippen molar-refractivity contribution >= 4 is 11.6 Å². The molecule has 5 heteroatoms. The van der Waals surface area contributed by atoms with Gasteiger partial charge in [-0.3, -0.25) is 0 Å². The van der Waals surface area contributed by atoms with Crippen LogP contribution in [0, 0.1) is 11.6 Å². The zero-order chi connectivity index (χ0) is 15.9. The average Bonchev–Trinajstić information content (AvgIpc) is 2.72. The maximum atomic E-state index is 13.6. The fourth-order valence-electron chi connectivity index (χ4n) is 2.62. The first-order chi connectivity index (χ1) is 10.4. The lowest BCUT2D eigenvalue weighted by molar-refractivity contribution is 0.135. The molecular weight excluding hydrogens is 310 g/mol. The third-order valence-electron chi connectivity index (χ3n) is 3.49. The summed E-state index contributed by atoms with van der Waals surface area (Å²) in [5.74, 6) is -1.18. The SMILES string of the molecule is CC1(C)Cc2cc(Cl)cc(COc3c(F)cccc3F)c2O1. The number of para-hydroxylation sites is 1. The summed E-state index contributed by atoms with van der Waals surface area (Å²) in [6, 6.07) is 7.14. The van der Waals surface area contributed by atoms with E-state index in [0.717, 1.165) is 24.1 Å². The molecule has 0 bridgehead atoms. The molecule has 0 radical (unpaired) electrons. The van der Waals surface area contributed by atoms with Crippen LogP contribution in [0.2, 0.25) is 5.02 Å². The summed E-state index contributed by atoms with van der Waals surface area (Å²) < 4.78 is 38.4. The van der Waals surface area contributed by atoms with Crippen molar-refractivity contribution in [2.24, 2.45) is 0 Å². The van der Waals surface area contributed by atoms with Crippen LogP contribution in [-0.4, -0.2) is 5.60 Å². The van der Waals surface area contributed by atoms with E-state index in [1.54, 1.807) is 6.07 Å². The molecule has 3 rings (SSSR count). The molecule has 0 N–H and O–H groups in total. The van der Waals surface area contributed by atoms with Gasteiger partial charge < -0.3 is 9.47 Å². The van der Waals surface area contributed by atoms with Gasteiger partial charge in [0.15, 0.2) is 17.4 Å². The van der Waals surface area contributed by atoms with Gasteiger partial charge in [0.05, 0.1) is 0 Å². The zero-order valence-electron chi connectivity index (χ0n) is 12.3. The molecule has 0 fully saturated rings. The van der Waals surface area contributed by atoms with Crippen molar-refractivity contribution in [1.29, 1.82) is 0 Å². The largest absolute Gasteiger partial charge is 0.487 e. The summed E-state index contributed by atoms with van der Waals surface area (Å²) in [7, 11) is 0. The number of hydrogen-bond acceptors (Lipinski definition) is 2. The molecule has 0 atom stereocenters. The van der Waals surface area contributed by atoms with Crippen LogP contribution in [0.3, 0.4) is 0 Å². The molecule has 0 aliphatic carbocycles. The smallest absolute Gasteiger partial charge is 0.191 e. The molecule has 0 saturated heterocycles. The Bertz CT molecular complexity index is 709. The van der Waals surface area contributed by atoms with Crippen LogP contribution in [0.15, 0.2) is 30.3 Å². The van der Waals surface area contributed by atoms with Crippen LogP contribution >= 0.6 is 11.6 Å². The van der Waals surface area contributed by atoms with Gasteiger partial charge in [0, 0.05) is 17.0 Å². The van der Waals surface area contributed by atoms with Gasteiger partial charge in [0.25, 0.3) is 0 Å². The summed E-state index contributed by atoms with van der Waals surface area (Å²) in [5, 5.41) is 0.549. The van der Waals surface area contributed by atoms with Crippen LogP contribution in [0.4, 0.5) is 8.78 Å². The summed E-state index contributed by atoms with van der Waals surface area (Å²) in [6.07, 6.45) is 0.726. The van der Waals surface area contributed by atoms with Crippen molar-refractivity contribution in [3.8, 4) is 11.5 Å². The lowest BCUT2D eigenvalue weighted by atomic mass is 10.0. The monoisotopic (exact) mass is 324 g/mol. The van der Waals surface area contributed by atoms with Gasteiger partial charge >= 0.3 is 0 Å². The minimum atomic E-state index is -0.736. The van der Waals surface area contributed by atoms with Crippen molar-refractivity contribution in [2.45, 2.75) is 32.5 Å². The van der Waals surface area contributed by atoms with Gasteiger partial charge in [0.2, 0.25) is 0 Å². The third-order valence-corrected chi connectivity index (χ3v) is 3.71. The Kier molecular flexibility index (Phi) is 3.73. The van der Waals surface area contributed by atoms with E-state index >= 15 is 0 Å². The van der Waals surface area contributed by atoms with E-state index in [1.165, 1.54) is 6.07 Å². The second-order valence-electron chi connectivity index (χ2n) is 5.93. The topological polar surface area (TPSA) is 18.5 Å². The predicted molar refractivity (Wildman–Crippen MR) is 80.6 cm³/mol. The fraction of sp³-hybridized carbons (Fsp3) is 0.294. The van der Waals surface area contributed by atoms with Crippen LogP contribution in [0.25, 0.3) is 0 Å². The third kappa shape index (κ3) is 2.88. The highest BCUT2D eigenvalue weighted by Gasteiger charge is 2.32. The Morgan fingerprint density at radius 1 is 1.23 bits per heavy atom. The van der Waals surface area contributed by atoms with Crippen LogP contribution in [0.1, 0.15) is 25.0 Å². The molecule has 0 unspecified atom stereocenters. The lowest BCUT2D eigenvalue weighted by Crippen LogP contribution is -2.25. The van der Waals surface area contributed by atoms with Gasteiger partial charge in [0.1, 0.15) is 18.0 Å². The molecule has 0 aromatic heterocycles. The van der Waals surface area contributed by atoms with E-state index in [2.05, 4.69) is 0 Å². The van der Waals surface area contributed by atoms with E-state index in [0.29, 0.717) is 16.3 Å². The summed E-state index contributed by atoms with van der Waals surface area (Å²) in [6.45, 7) is 3.93. The van der Waals surface area contributed by atoms with Crippen LogP contribution in [-0.2, 0) is 13.0 Å². The van der Waals surface area contributed by atoms with Gasteiger partial charge in [-0.05, 0) is 43.7 Å². The quantitative estimate of drug-likeness (QED) is 0.798. The van der Waals surface area contributed by atoms with Crippen molar-refractivity contribution in [3.63, 3.8) is 0 Å². The minimum absolute atomic E-state index is 0.0170. The predicted octanol–water partition coefficient (Wildman–Crippen LogP) is 4.91. The number of benzene rings is 2. The highest BCUT2D eigenvalue weighted by molar-refractivity contribution is 6.30. The molecule has 2 aromatic carbocycles. The summed E-state index contributed by atoms with van der Waals surface area (Å²) >= 11 is 6.11. The molecule has 116 valence electrons. The second kappa shape index (κ2) is 5.43. The van der Waals surface area contributed by atoms with Gasteiger partial charge in [-0.25, -0.2) is 8.78 Å². The second-order valence-corrected chi connectivity index (χ2v) is 6.37. The molecule has 1 heterocycles. The highest BCUT2D eigenvalue weighted by atomic mass is 35.5. The first-order valence-electron chi connectivity index (χ1n) is 6.93. The summed E-state index contributed by atoms with van der Waals surface area (Å²) in [4.78, 5) is 0. The Balaban J connectivity index is 1.88. The molecule has 2 nitrogen and oxygen atoms in total. The van der Waals surface area contributed by atoms with Crippen LogP contribution < -0.4 is 9.47 Å². The van der Waals surface area contributed by atoms with E-state index in [9.17, 15) is 8.78 Å². The fourth-order valence-corrected chi connectivity index (χ4v) is 2.89. The number of halogens is 3. The van der Waals surface area contributed by atoms with Crippen molar-refractivity contribution in [3.05, 3.63) is 58.1 Å². The summed E-state index contributed by atoms with van der Waals surface area (Å²) in [5.41, 5.74) is 1.33. The van der Waals surface area contributed by atoms with E-state index < -0.39 is 17.4 Å². The number of hydrogen-bond donors (Lipinski definition) is 0. The maximum absolute atomic E-state index is 13.6. The average molecular weight is 325 g/mol.